The number of hydrogen-bond donors (Lipinski definition) is 1. The molecule has 0 saturated heterocycles. The maximum absolute atomic E-state index is 13.9. The molecule has 0 spiro atoms. The lowest BCUT2D eigenvalue weighted by Crippen LogP contribution is -2.37. The van der Waals surface area contributed by atoms with E-state index in [0.29, 0.717) is 0 Å². The number of ether oxygens (including phenoxy) is 1. The van der Waals surface area contributed by atoms with E-state index in [-0.39, 0.29) is 24.4 Å². The van der Waals surface area contributed by atoms with Gasteiger partial charge in [-0.25, -0.2) is 4.39 Å². The molecule has 0 saturated carbocycles. The van der Waals surface area contributed by atoms with Crippen molar-refractivity contribution in [2.45, 2.75) is 6.42 Å². The van der Waals surface area contributed by atoms with Crippen LogP contribution in [0.15, 0.2) is 47.1 Å². The number of nitrogens with one attached hydrogen (secondary N) is 1. The van der Waals surface area contributed by atoms with Crippen LogP contribution in [0.25, 0.3) is 0 Å². The fourth-order valence-electron chi connectivity index (χ4n) is 2.13. The number of benzene rings is 1. The maximum Gasteiger partial charge on any atom is 0.325 e. The molecule has 0 atom stereocenters. The number of para-hydroxylation sites is 1. The molecule has 9 heteroatoms. The summed E-state index contributed by atoms with van der Waals surface area (Å²) in [6.07, 6.45) is 1.29. The lowest BCUT2D eigenvalue weighted by molar-refractivity contribution is -0.146. The van der Waals surface area contributed by atoms with Crippen molar-refractivity contribution in [1.82, 2.24) is 5.32 Å². The minimum atomic E-state index is -0.850. The zero-order valence-electron chi connectivity index (χ0n) is 14.2. The molecular formula is C18H16FN3O5. The first-order valence-corrected chi connectivity index (χ1v) is 7.92. The normalized spacial score (nSPS) is 9.93. The van der Waals surface area contributed by atoms with Crippen molar-refractivity contribution in [3.05, 3.63) is 54.2 Å². The molecule has 0 aliphatic carbocycles. The van der Waals surface area contributed by atoms with E-state index in [1.54, 1.807) is 6.07 Å². The Bertz CT molecular complexity index is 845. The third kappa shape index (κ3) is 5.67. The fraction of sp³-hybridized carbons (Fsp3) is 0.222. The Morgan fingerprint density at radius 2 is 2.00 bits per heavy atom. The van der Waals surface area contributed by atoms with Crippen LogP contribution in [0.4, 0.5) is 10.1 Å². The van der Waals surface area contributed by atoms with Gasteiger partial charge in [-0.15, -0.1) is 0 Å². The van der Waals surface area contributed by atoms with Crippen LogP contribution in [-0.2, 0) is 14.3 Å². The topological polar surface area (TPSA) is 113 Å². The second kappa shape index (κ2) is 9.72. The zero-order valence-corrected chi connectivity index (χ0v) is 14.2. The molecule has 140 valence electrons. The smallest absolute Gasteiger partial charge is 0.325 e. The second-order valence-electron chi connectivity index (χ2n) is 5.23. The number of hydrogen-bond acceptors (Lipinski definition) is 6. The SMILES string of the molecule is N#CCCN(C(=O)COC(=O)CNC(=O)c1ccco1)c1ccccc1F. The first-order chi connectivity index (χ1) is 13.0. The number of furan rings is 1. The minimum absolute atomic E-state index is 0.0140. The number of esters is 1. The van der Waals surface area contributed by atoms with Gasteiger partial charge in [0.25, 0.3) is 11.8 Å². The number of carbonyl (C=O) groups is 3. The van der Waals surface area contributed by atoms with Crippen LogP contribution >= 0.6 is 0 Å². The summed E-state index contributed by atoms with van der Waals surface area (Å²) in [6.45, 7) is -1.18. The standard InChI is InChI=1S/C18H16FN3O5/c19-13-5-1-2-6-14(13)22(9-4-8-20)16(23)12-27-17(24)11-21-18(25)15-7-3-10-26-15/h1-3,5-7,10H,4,9,11-12H2,(H,21,25). The molecule has 0 bridgehead atoms. The maximum atomic E-state index is 13.9. The highest BCUT2D eigenvalue weighted by Gasteiger charge is 2.20. The van der Waals surface area contributed by atoms with E-state index in [9.17, 15) is 18.8 Å². The second-order valence-corrected chi connectivity index (χ2v) is 5.23. The average molecular weight is 373 g/mol. The summed E-state index contributed by atoms with van der Waals surface area (Å²) in [6, 6.07) is 10.4. The predicted octanol–water partition coefficient (Wildman–Crippen LogP) is 1.64. The summed E-state index contributed by atoms with van der Waals surface area (Å²) in [4.78, 5) is 36.7. The Hall–Kier alpha value is -3.67. The Balaban J connectivity index is 1.89. The van der Waals surface area contributed by atoms with Crippen LogP contribution in [0.3, 0.4) is 0 Å². The van der Waals surface area contributed by atoms with Crippen LogP contribution in [0.5, 0.6) is 0 Å². The van der Waals surface area contributed by atoms with Crippen molar-refractivity contribution in [3.63, 3.8) is 0 Å². The highest BCUT2D eigenvalue weighted by Crippen LogP contribution is 2.19. The molecule has 2 amide bonds. The molecule has 0 aliphatic rings. The summed E-state index contributed by atoms with van der Waals surface area (Å²) in [5, 5.41) is 11.0. The molecule has 27 heavy (non-hydrogen) atoms. The van der Waals surface area contributed by atoms with Crippen molar-refractivity contribution in [1.29, 1.82) is 5.26 Å². The Morgan fingerprint density at radius 1 is 1.22 bits per heavy atom. The molecule has 8 nitrogen and oxygen atoms in total. The summed E-state index contributed by atoms with van der Waals surface area (Å²) in [5.74, 6) is -2.76. The molecule has 0 radical (unpaired) electrons. The number of halogens is 1. The van der Waals surface area contributed by atoms with E-state index in [1.165, 1.54) is 36.6 Å². The Kier molecular flexibility index (Phi) is 7.07. The van der Waals surface area contributed by atoms with E-state index < -0.39 is 36.8 Å². The van der Waals surface area contributed by atoms with E-state index in [1.807, 2.05) is 6.07 Å². The van der Waals surface area contributed by atoms with Gasteiger partial charge in [0.15, 0.2) is 12.4 Å². The number of nitriles is 1. The van der Waals surface area contributed by atoms with Crippen LogP contribution in [0.1, 0.15) is 17.0 Å². The van der Waals surface area contributed by atoms with Gasteiger partial charge in [0.1, 0.15) is 12.4 Å². The summed E-state index contributed by atoms with van der Waals surface area (Å²) in [7, 11) is 0. The monoisotopic (exact) mass is 373 g/mol. The number of nitrogens with zero attached hydrogens (tertiary/aromatic N) is 2. The van der Waals surface area contributed by atoms with Crippen LogP contribution in [-0.4, -0.2) is 37.5 Å². The van der Waals surface area contributed by atoms with Gasteiger partial charge in [0.05, 0.1) is 24.4 Å². The van der Waals surface area contributed by atoms with Crippen molar-refractivity contribution < 1.29 is 27.9 Å². The zero-order chi connectivity index (χ0) is 19.6. The first-order valence-electron chi connectivity index (χ1n) is 7.92. The first kappa shape index (κ1) is 19.7. The van der Waals surface area contributed by atoms with Crippen molar-refractivity contribution >= 4 is 23.5 Å². The lowest BCUT2D eigenvalue weighted by Gasteiger charge is -2.22. The quantitative estimate of drug-likeness (QED) is 0.704. The Morgan fingerprint density at radius 3 is 2.67 bits per heavy atom. The van der Waals surface area contributed by atoms with Gasteiger partial charge in [-0.1, -0.05) is 12.1 Å². The number of rotatable bonds is 8. The molecule has 1 aromatic carbocycles. The molecule has 2 aromatic rings. The Labute approximate surface area is 154 Å². The van der Waals surface area contributed by atoms with Crippen LogP contribution in [0, 0.1) is 17.1 Å². The van der Waals surface area contributed by atoms with E-state index in [4.69, 9.17) is 14.4 Å². The summed E-state index contributed by atoms with van der Waals surface area (Å²) < 4.78 is 23.6. The number of anilines is 1. The molecule has 0 unspecified atom stereocenters. The fourth-order valence-corrected chi connectivity index (χ4v) is 2.13. The minimum Gasteiger partial charge on any atom is -0.459 e. The van der Waals surface area contributed by atoms with Gasteiger partial charge in [0.2, 0.25) is 0 Å². The highest BCUT2D eigenvalue weighted by atomic mass is 19.1. The molecular weight excluding hydrogens is 357 g/mol. The average Bonchev–Trinajstić information content (AvgIpc) is 3.21. The van der Waals surface area contributed by atoms with Crippen LogP contribution in [0.2, 0.25) is 0 Å². The summed E-state index contributed by atoms with van der Waals surface area (Å²) in [5.41, 5.74) is -0.0140. The van der Waals surface area contributed by atoms with Gasteiger partial charge in [-0.05, 0) is 24.3 Å². The van der Waals surface area contributed by atoms with Gasteiger partial charge in [-0.3, -0.25) is 14.4 Å². The summed E-state index contributed by atoms with van der Waals surface area (Å²) >= 11 is 0. The van der Waals surface area contributed by atoms with Crippen molar-refractivity contribution in [2.75, 3.05) is 24.6 Å². The highest BCUT2D eigenvalue weighted by molar-refractivity contribution is 5.96. The predicted molar refractivity (Wildman–Crippen MR) is 91.0 cm³/mol. The number of amides is 2. The largest absolute Gasteiger partial charge is 0.459 e. The van der Waals surface area contributed by atoms with Gasteiger partial charge >= 0.3 is 5.97 Å². The van der Waals surface area contributed by atoms with E-state index in [2.05, 4.69) is 5.32 Å². The molecule has 1 aromatic heterocycles. The lowest BCUT2D eigenvalue weighted by atomic mass is 10.2. The molecule has 0 fully saturated rings. The van der Waals surface area contributed by atoms with Crippen LogP contribution < -0.4 is 10.2 Å². The third-order valence-electron chi connectivity index (χ3n) is 3.39. The van der Waals surface area contributed by atoms with Gasteiger partial charge < -0.3 is 19.4 Å². The van der Waals surface area contributed by atoms with Gasteiger partial charge in [0, 0.05) is 6.54 Å². The number of carbonyl (C=O) groups excluding carboxylic acids is 3. The third-order valence-corrected chi connectivity index (χ3v) is 3.39. The van der Waals surface area contributed by atoms with Crippen molar-refractivity contribution in [3.8, 4) is 6.07 Å². The van der Waals surface area contributed by atoms with E-state index >= 15 is 0 Å². The molecule has 1 heterocycles. The molecule has 1 N–H and O–H groups in total. The van der Waals surface area contributed by atoms with Gasteiger partial charge in [-0.2, -0.15) is 5.26 Å². The van der Waals surface area contributed by atoms with Crippen molar-refractivity contribution in [2.24, 2.45) is 0 Å². The molecule has 0 aliphatic heterocycles. The van der Waals surface area contributed by atoms with E-state index in [0.717, 1.165) is 4.90 Å². The molecule has 2 rings (SSSR count).